The molecule has 0 aromatic heterocycles. The van der Waals surface area contributed by atoms with Crippen LogP contribution >= 0.6 is 0 Å². The van der Waals surface area contributed by atoms with Crippen LogP contribution in [0.2, 0.25) is 0 Å². The maximum absolute atomic E-state index is 8.36. The third kappa shape index (κ3) is 37.1. The van der Waals surface area contributed by atoms with Crippen LogP contribution < -0.4 is 5.73 Å². The number of nitrogens with two attached hydrogens (primary N) is 1. The molecule has 0 aliphatic heterocycles. The maximum Gasteiger partial charge on any atom is 0.290 e. The number of carbonyl (C=O) groups is 1. The lowest BCUT2D eigenvalue weighted by molar-refractivity contribution is -0.122. The Labute approximate surface area is 55.9 Å². The van der Waals surface area contributed by atoms with Gasteiger partial charge in [-0.15, -0.1) is 0 Å². The molecule has 0 radical (unpaired) electrons. The third-order valence-electron chi connectivity index (χ3n) is 0.911. The SMILES string of the molecule is CCC(C)(C)N.O=CO. The van der Waals surface area contributed by atoms with Crippen LogP contribution in [0.3, 0.4) is 0 Å². The molecule has 0 aromatic carbocycles. The number of rotatable bonds is 1. The average molecular weight is 133 g/mol. The number of hydrogen-bond acceptors (Lipinski definition) is 2. The summed E-state index contributed by atoms with van der Waals surface area (Å²) in [5.41, 5.74) is 5.58. The molecule has 0 aliphatic rings. The van der Waals surface area contributed by atoms with Gasteiger partial charge in [-0.2, -0.15) is 0 Å². The van der Waals surface area contributed by atoms with Gasteiger partial charge in [0.1, 0.15) is 0 Å². The molecule has 0 atom stereocenters. The fraction of sp³-hybridized carbons (Fsp3) is 0.833. The van der Waals surface area contributed by atoms with Crippen LogP contribution in [-0.4, -0.2) is 17.1 Å². The van der Waals surface area contributed by atoms with Gasteiger partial charge in [-0.05, 0) is 20.3 Å². The summed E-state index contributed by atoms with van der Waals surface area (Å²) in [6.45, 7) is 5.88. The molecule has 0 aromatic rings. The molecule has 56 valence electrons. The minimum Gasteiger partial charge on any atom is -0.483 e. The lowest BCUT2D eigenvalue weighted by Crippen LogP contribution is -2.30. The fourth-order valence-electron chi connectivity index (χ4n) is 0. The molecule has 0 rings (SSSR count). The van der Waals surface area contributed by atoms with E-state index < -0.39 is 0 Å². The van der Waals surface area contributed by atoms with Gasteiger partial charge in [0, 0.05) is 5.54 Å². The van der Waals surface area contributed by atoms with Crippen LogP contribution in [0.25, 0.3) is 0 Å². The first-order chi connectivity index (χ1) is 3.97. The standard InChI is InChI=1S/C5H13N.CH2O2/c1-4-5(2,3)6;2-1-3/h4,6H2,1-3H3;1H,(H,2,3). The van der Waals surface area contributed by atoms with E-state index in [0.717, 1.165) is 6.42 Å². The zero-order valence-electron chi connectivity index (χ0n) is 6.22. The summed E-state index contributed by atoms with van der Waals surface area (Å²) in [6.07, 6.45) is 1.05. The molecule has 0 fully saturated rings. The van der Waals surface area contributed by atoms with E-state index in [0.29, 0.717) is 0 Å². The molecule has 0 aliphatic carbocycles. The minimum absolute atomic E-state index is 0.0417. The Kier molecular flexibility index (Phi) is 6.96. The molecular formula is C6H15NO2. The largest absolute Gasteiger partial charge is 0.483 e. The Hall–Kier alpha value is -0.570. The molecular weight excluding hydrogens is 118 g/mol. The van der Waals surface area contributed by atoms with E-state index in [1.165, 1.54) is 0 Å². The highest BCUT2D eigenvalue weighted by Crippen LogP contribution is 1.99. The summed E-state index contributed by atoms with van der Waals surface area (Å²) in [5.74, 6) is 0. The normalized spacial score (nSPS) is 9.33. The topological polar surface area (TPSA) is 63.3 Å². The van der Waals surface area contributed by atoms with Gasteiger partial charge in [-0.3, -0.25) is 4.79 Å². The zero-order valence-corrected chi connectivity index (χ0v) is 6.22. The van der Waals surface area contributed by atoms with Gasteiger partial charge in [-0.1, -0.05) is 6.92 Å². The zero-order chi connectivity index (χ0) is 7.91. The molecule has 0 bridgehead atoms. The summed E-state index contributed by atoms with van der Waals surface area (Å²) in [4.78, 5) is 8.36. The third-order valence-corrected chi connectivity index (χ3v) is 0.911. The van der Waals surface area contributed by atoms with E-state index in [1.807, 2.05) is 13.8 Å². The van der Waals surface area contributed by atoms with Gasteiger partial charge in [0.2, 0.25) is 0 Å². The van der Waals surface area contributed by atoms with Crippen molar-refractivity contribution < 1.29 is 9.90 Å². The lowest BCUT2D eigenvalue weighted by Gasteiger charge is -2.13. The van der Waals surface area contributed by atoms with Crippen molar-refractivity contribution in [2.75, 3.05) is 0 Å². The van der Waals surface area contributed by atoms with E-state index >= 15 is 0 Å². The Bertz CT molecular complexity index is 65.9. The average Bonchev–Trinajstić information content (AvgIpc) is 1.67. The first-order valence-corrected chi connectivity index (χ1v) is 2.84. The molecule has 0 amide bonds. The van der Waals surface area contributed by atoms with E-state index in [2.05, 4.69) is 6.92 Å². The first kappa shape index (κ1) is 11.3. The molecule has 0 saturated heterocycles. The van der Waals surface area contributed by atoms with Gasteiger partial charge in [0.15, 0.2) is 0 Å². The predicted octanol–water partition coefficient (Wildman–Crippen LogP) is 0.834. The van der Waals surface area contributed by atoms with Crippen molar-refractivity contribution in [3.05, 3.63) is 0 Å². The van der Waals surface area contributed by atoms with Gasteiger partial charge >= 0.3 is 0 Å². The second kappa shape index (κ2) is 5.56. The Morgan fingerprint density at radius 3 is 1.78 bits per heavy atom. The van der Waals surface area contributed by atoms with Crippen molar-refractivity contribution in [3.8, 4) is 0 Å². The van der Waals surface area contributed by atoms with Crippen molar-refractivity contribution >= 4 is 6.47 Å². The first-order valence-electron chi connectivity index (χ1n) is 2.84. The Morgan fingerprint density at radius 2 is 1.78 bits per heavy atom. The highest BCUT2D eigenvalue weighted by molar-refractivity contribution is 5.32. The van der Waals surface area contributed by atoms with Crippen LogP contribution in [-0.2, 0) is 4.79 Å². The Balaban J connectivity index is 0. The predicted molar refractivity (Wildman–Crippen MR) is 37.3 cm³/mol. The lowest BCUT2D eigenvalue weighted by atomic mass is 10.1. The molecule has 0 saturated carbocycles. The van der Waals surface area contributed by atoms with Crippen molar-refractivity contribution in [1.82, 2.24) is 0 Å². The van der Waals surface area contributed by atoms with Crippen molar-refractivity contribution in [2.24, 2.45) is 5.73 Å². The van der Waals surface area contributed by atoms with Crippen molar-refractivity contribution in [2.45, 2.75) is 32.7 Å². The summed E-state index contributed by atoms with van der Waals surface area (Å²) in [6, 6.07) is 0. The summed E-state index contributed by atoms with van der Waals surface area (Å²) >= 11 is 0. The van der Waals surface area contributed by atoms with E-state index in [-0.39, 0.29) is 12.0 Å². The smallest absolute Gasteiger partial charge is 0.290 e. The van der Waals surface area contributed by atoms with E-state index in [9.17, 15) is 0 Å². The van der Waals surface area contributed by atoms with Gasteiger partial charge < -0.3 is 10.8 Å². The van der Waals surface area contributed by atoms with Crippen LogP contribution in [0.15, 0.2) is 0 Å². The van der Waals surface area contributed by atoms with E-state index in [4.69, 9.17) is 15.6 Å². The van der Waals surface area contributed by atoms with Crippen LogP contribution in [0, 0.1) is 0 Å². The summed E-state index contributed by atoms with van der Waals surface area (Å²) in [5, 5.41) is 6.89. The van der Waals surface area contributed by atoms with Gasteiger partial charge in [-0.25, -0.2) is 0 Å². The second-order valence-electron chi connectivity index (χ2n) is 2.45. The van der Waals surface area contributed by atoms with Gasteiger partial charge in [0.25, 0.3) is 6.47 Å². The Morgan fingerprint density at radius 1 is 1.67 bits per heavy atom. The second-order valence-corrected chi connectivity index (χ2v) is 2.45. The quantitative estimate of drug-likeness (QED) is 0.521. The molecule has 3 N–H and O–H groups in total. The molecule has 0 spiro atoms. The summed E-state index contributed by atoms with van der Waals surface area (Å²) < 4.78 is 0. The highest BCUT2D eigenvalue weighted by atomic mass is 16.3. The number of hydrogen-bond donors (Lipinski definition) is 2. The van der Waals surface area contributed by atoms with Crippen LogP contribution in [0.1, 0.15) is 27.2 Å². The van der Waals surface area contributed by atoms with Gasteiger partial charge in [0.05, 0.1) is 0 Å². The highest BCUT2D eigenvalue weighted by Gasteiger charge is 2.03. The van der Waals surface area contributed by atoms with Crippen LogP contribution in [0.5, 0.6) is 0 Å². The summed E-state index contributed by atoms with van der Waals surface area (Å²) in [7, 11) is 0. The molecule has 0 unspecified atom stereocenters. The van der Waals surface area contributed by atoms with Crippen molar-refractivity contribution in [3.63, 3.8) is 0 Å². The molecule has 3 heteroatoms. The van der Waals surface area contributed by atoms with Crippen molar-refractivity contribution in [1.29, 1.82) is 0 Å². The molecule has 9 heavy (non-hydrogen) atoms. The van der Waals surface area contributed by atoms with Crippen LogP contribution in [0.4, 0.5) is 0 Å². The minimum atomic E-state index is -0.250. The monoisotopic (exact) mass is 133 g/mol. The number of carboxylic acid groups (broad SMARTS) is 1. The van der Waals surface area contributed by atoms with E-state index in [1.54, 1.807) is 0 Å². The maximum atomic E-state index is 8.36. The molecule has 0 heterocycles. The fourth-order valence-corrected chi connectivity index (χ4v) is 0. The molecule has 3 nitrogen and oxygen atoms in total.